The van der Waals surface area contributed by atoms with Crippen LogP contribution in [0.4, 0.5) is 4.79 Å². The number of hydrogen-bond donors (Lipinski definition) is 1. The fraction of sp³-hybridized carbons (Fsp3) is 0.154. The second-order valence-corrected chi connectivity index (χ2v) is 5.52. The summed E-state index contributed by atoms with van der Waals surface area (Å²) in [7, 11) is 3.41. The van der Waals surface area contributed by atoms with Gasteiger partial charge in [-0.05, 0) is 35.5 Å². The quantitative estimate of drug-likeness (QED) is 0.801. The number of imide groups is 1. The van der Waals surface area contributed by atoms with Crippen molar-refractivity contribution in [3.63, 3.8) is 0 Å². The Kier molecular flexibility index (Phi) is 2.79. The Morgan fingerprint density at radius 2 is 1.80 bits per heavy atom. The molecule has 1 aliphatic heterocycles. The topological polar surface area (TPSA) is 73.1 Å². The van der Waals surface area contributed by atoms with Crippen molar-refractivity contribution in [2.24, 2.45) is 14.1 Å². The molecule has 2 heterocycles. The minimum atomic E-state index is -0.387. The fourth-order valence-electron chi connectivity index (χ4n) is 2.19. The molecular formula is C13H11N3O3S. The SMILES string of the molecule is Cn1c(=O)n(C)c2cc(/C=C3\SC(=O)NC3=O)ccc21. The van der Waals surface area contributed by atoms with Crippen molar-refractivity contribution in [1.82, 2.24) is 14.5 Å². The van der Waals surface area contributed by atoms with Gasteiger partial charge >= 0.3 is 5.69 Å². The molecular weight excluding hydrogens is 278 g/mol. The molecule has 1 N–H and O–H groups in total. The number of imidazole rings is 1. The van der Waals surface area contributed by atoms with Crippen molar-refractivity contribution in [3.05, 3.63) is 39.2 Å². The fourth-order valence-corrected chi connectivity index (χ4v) is 2.87. The zero-order valence-electron chi connectivity index (χ0n) is 10.8. The number of fused-ring (bicyclic) bond motifs is 1. The van der Waals surface area contributed by atoms with Gasteiger partial charge in [0.2, 0.25) is 0 Å². The first kappa shape index (κ1) is 12.7. The third-order valence-electron chi connectivity index (χ3n) is 3.24. The van der Waals surface area contributed by atoms with Crippen LogP contribution < -0.4 is 11.0 Å². The lowest BCUT2D eigenvalue weighted by molar-refractivity contribution is -0.115. The molecule has 102 valence electrons. The highest BCUT2D eigenvalue weighted by Gasteiger charge is 2.24. The smallest absolute Gasteiger partial charge is 0.295 e. The van der Waals surface area contributed by atoms with Crippen LogP contribution in [0.5, 0.6) is 0 Å². The van der Waals surface area contributed by atoms with Crippen molar-refractivity contribution in [2.45, 2.75) is 0 Å². The van der Waals surface area contributed by atoms with Crippen LogP contribution in [-0.2, 0) is 18.9 Å². The highest BCUT2D eigenvalue weighted by atomic mass is 32.2. The maximum absolute atomic E-state index is 11.8. The second kappa shape index (κ2) is 4.38. The van der Waals surface area contributed by atoms with Crippen LogP contribution in [0.25, 0.3) is 17.1 Å². The van der Waals surface area contributed by atoms with Crippen molar-refractivity contribution in [2.75, 3.05) is 0 Å². The molecule has 3 rings (SSSR count). The summed E-state index contributed by atoms with van der Waals surface area (Å²) in [5.74, 6) is -0.387. The molecule has 0 bridgehead atoms. The van der Waals surface area contributed by atoms with E-state index >= 15 is 0 Å². The molecule has 7 heteroatoms. The molecule has 6 nitrogen and oxygen atoms in total. The van der Waals surface area contributed by atoms with Gasteiger partial charge in [-0.1, -0.05) is 6.07 Å². The van der Waals surface area contributed by atoms with Gasteiger partial charge in [0.25, 0.3) is 11.1 Å². The van der Waals surface area contributed by atoms with Gasteiger partial charge in [-0.2, -0.15) is 0 Å². The molecule has 0 spiro atoms. The van der Waals surface area contributed by atoms with Crippen LogP contribution in [0.2, 0.25) is 0 Å². The third kappa shape index (κ3) is 1.87. The van der Waals surface area contributed by atoms with E-state index < -0.39 is 0 Å². The first-order valence-electron chi connectivity index (χ1n) is 5.87. The molecule has 0 aliphatic carbocycles. The monoisotopic (exact) mass is 289 g/mol. The number of hydrogen-bond acceptors (Lipinski definition) is 4. The number of benzene rings is 1. The summed E-state index contributed by atoms with van der Waals surface area (Å²) in [5.41, 5.74) is 2.26. The number of nitrogens with one attached hydrogen (secondary N) is 1. The summed E-state index contributed by atoms with van der Waals surface area (Å²) < 4.78 is 3.11. The van der Waals surface area contributed by atoms with E-state index in [2.05, 4.69) is 5.32 Å². The summed E-state index contributed by atoms with van der Waals surface area (Å²) in [6, 6.07) is 5.45. The normalized spacial score (nSPS) is 17.2. The van der Waals surface area contributed by atoms with Crippen molar-refractivity contribution < 1.29 is 9.59 Å². The lowest BCUT2D eigenvalue weighted by Crippen LogP contribution is -2.19. The number of rotatable bonds is 1. The highest BCUT2D eigenvalue weighted by Crippen LogP contribution is 2.26. The van der Waals surface area contributed by atoms with Gasteiger partial charge < -0.3 is 0 Å². The van der Waals surface area contributed by atoms with Crippen LogP contribution in [0, 0.1) is 0 Å². The molecule has 0 atom stereocenters. The molecule has 20 heavy (non-hydrogen) atoms. The number of aryl methyl sites for hydroxylation is 2. The molecule has 1 fully saturated rings. The van der Waals surface area contributed by atoms with Crippen LogP contribution in [-0.4, -0.2) is 20.3 Å². The number of aromatic nitrogens is 2. The van der Waals surface area contributed by atoms with Crippen LogP contribution in [0.1, 0.15) is 5.56 Å². The maximum atomic E-state index is 11.8. The van der Waals surface area contributed by atoms with Crippen molar-refractivity contribution in [3.8, 4) is 0 Å². The van der Waals surface area contributed by atoms with E-state index in [0.717, 1.165) is 28.4 Å². The number of amides is 2. The number of carbonyl (C=O) groups excluding carboxylic acids is 2. The summed E-state index contributed by atoms with van der Waals surface area (Å²) in [6.45, 7) is 0. The van der Waals surface area contributed by atoms with E-state index in [0.29, 0.717) is 4.91 Å². The largest absolute Gasteiger partial charge is 0.328 e. The molecule has 0 radical (unpaired) electrons. The van der Waals surface area contributed by atoms with Crippen molar-refractivity contribution in [1.29, 1.82) is 0 Å². The summed E-state index contributed by atoms with van der Waals surface area (Å²) in [5, 5.41) is 1.84. The van der Waals surface area contributed by atoms with Crippen molar-refractivity contribution >= 4 is 40.0 Å². The molecule has 1 saturated heterocycles. The van der Waals surface area contributed by atoms with E-state index in [1.165, 1.54) is 0 Å². The number of carbonyl (C=O) groups is 2. The predicted octanol–water partition coefficient (Wildman–Crippen LogP) is 1.20. The van der Waals surface area contributed by atoms with E-state index in [1.54, 1.807) is 29.3 Å². The zero-order valence-corrected chi connectivity index (χ0v) is 11.7. The third-order valence-corrected chi connectivity index (χ3v) is 4.05. The average Bonchev–Trinajstić information content (AvgIpc) is 2.83. The van der Waals surface area contributed by atoms with Gasteiger partial charge in [-0.25, -0.2) is 4.79 Å². The van der Waals surface area contributed by atoms with Gasteiger partial charge in [0, 0.05) is 14.1 Å². The standard InChI is InChI=1S/C13H11N3O3S/c1-15-8-4-3-7(5-9(8)16(2)13(15)19)6-10-11(17)14-12(18)20-10/h3-6H,1-2H3,(H,14,17,18)/b10-6-. The minimum absolute atomic E-state index is 0.104. The molecule has 2 amide bonds. The second-order valence-electron chi connectivity index (χ2n) is 4.50. The predicted molar refractivity (Wildman–Crippen MR) is 77.3 cm³/mol. The average molecular weight is 289 g/mol. The summed E-state index contributed by atoms with van der Waals surface area (Å²) in [4.78, 5) is 34.8. The molecule has 1 aliphatic rings. The molecule has 2 aromatic rings. The highest BCUT2D eigenvalue weighted by molar-refractivity contribution is 8.18. The Morgan fingerprint density at radius 3 is 2.45 bits per heavy atom. The summed E-state index contributed by atoms with van der Waals surface area (Å²) in [6.07, 6.45) is 1.64. The molecule has 0 saturated carbocycles. The molecule has 1 aromatic carbocycles. The molecule has 1 aromatic heterocycles. The first-order chi connectivity index (χ1) is 9.47. The van der Waals surface area contributed by atoms with Crippen LogP contribution >= 0.6 is 11.8 Å². The number of nitrogens with zero attached hydrogens (tertiary/aromatic N) is 2. The Labute approximate surface area is 118 Å². The number of thioether (sulfide) groups is 1. The maximum Gasteiger partial charge on any atom is 0.328 e. The Morgan fingerprint density at radius 1 is 1.10 bits per heavy atom. The lowest BCUT2D eigenvalue weighted by atomic mass is 10.2. The zero-order chi connectivity index (χ0) is 14.4. The van der Waals surface area contributed by atoms with Gasteiger partial charge in [-0.15, -0.1) is 0 Å². The van der Waals surface area contributed by atoms with Crippen LogP contribution in [0.3, 0.4) is 0 Å². The Hall–Kier alpha value is -2.28. The van der Waals surface area contributed by atoms with Gasteiger partial charge in [0.1, 0.15) is 0 Å². The Balaban J connectivity index is 2.13. The molecule has 0 unspecified atom stereocenters. The van der Waals surface area contributed by atoms with Gasteiger partial charge in [0.15, 0.2) is 0 Å². The summed E-state index contributed by atoms with van der Waals surface area (Å²) >= 11 is 0.874. The van der Waals surface area contributed by atoms with E-state index in [-0.39, 0.29) is 16.8 Å². The van der Waals surface area contributed by atoms with Gasteiger partial charge in [-0.3, -0.25) is 24.0 Å². The van der Waals surface area contributed by atoms with E-state index in [4.69, 9.17) is 0 Å². The minimum Gasteiger partial charge on any atom is -0.295 e. The lowest BCUT2D eigenvalue weighted by Gasteiger charge is -1.98. The van der Waals surface area contributed by atoms with E-state index in [1.807, 2.05) is 18.2 Å². The van der Waals surface area contributed by atoms with Gasteiger partial charge in [0.05, 0.1) is 15.9 Å². The van der Waals surface area contributed by atoms with Crippen LogP contribution in [0.15, 0.2) is 27.9 Å². The first-order valence-corrected chi connectivity index (χ1v) is 6.69. The Bertz CT molecular complexity index is 844. The van der Waals surface area contributed by atoms with E-state index in [9.17, 15) is 14.4 Å².